The average molecular weight is 256 g/mol. The quantitative estimate of drug-likeness (QED) is 0.788. The first-order chi connectivity index (χ1) is 8.54. The number of hydrogen-bond donors (Lipinski definition) is 1. The molecule has 1 saturated heterocycles. The fraction of sp³-hybridized carbons (Fsp3) is 0.929. The summed E-state index contributed by atoms with van der Waals surface area (Å²) < 4.78 is 5.69. The molecule has 1 fully saturated rings. The Hall–Kier alpha value is -0.610. The second-order valence-corrected chi connectivity index (χ2v) is 5.60. The number of carbonyl (C=O) groups is 1. The first kappa shape index (κ1) is 15.4. The van der Waals surface area contributed by atoms with Crippen molar-refractivity contribution in [2.45, 2.75) is 58.6 Å². The summed E-state index contributed by atoms with van der Waals surface area (Å²) >= 11 is 0. The molecule has 2 atom stereocenters. The van der Waals surface area contributed by atoms with Gasteiger partial charge in [0.15, 0.2) is 0 Å². The van der Waals surface area contributed by atoms with Crippen LogP contribution in [0.15, 0.2) is 0 Å². The maximum absolute atomic E-state index is 12.2. The van der Waals surface area contributed by atoms with Crippen LogP contribution in [0.3, 0.4) is 0 Å². The van der Waals surface area contributed by atoms with Crippen molar-refractivity contribution in [2.24, 2.45) is 11.7 Å². The molecule has 18 heavy (non-hydrogen) atoms. The molecular formula is C14H28N2O2. The van der Waals surface area contributed by atoms with Gasteiger partial charge in [0.2, 0.25) is 5.91 Å². The van der Waals surface area contributed by atoms with Crippen molar-refractivity contribution >= 4 is 5.91 Å². The van der Waals surface area contributed by atoms with Crippen LogP contribution in [0.25, 0.3) is 0 Å². The van der Waals surface area contributed by atoms with Gasteiger partial charge in [0.05, 0.1) is 12.1 Å². The first-order valence-electron chi connectivity index (χ1n) is 7.20. The summed E-state index contributed by atoms with van der Waals surface area (Å²) in [6.45, 7) is 8.42. The molecule has 0 saturated carbocycles. The monoisotopic (exact) mass is 256 g/mol. The summed E-state index contributed by atoms with van der Waals surface area (Å²) in [5, 5.41) is 0. The molecular weight excluding hydrogens is 228 g/mol. The standard InChI is InChI=1S/C14H28N2O2/c1-4-16(10-12-7-5-6-8-18-12)14(17)13(15)9-11(2)3/h11-13H,4-10,15H2,1-3H3/t12?,13-/m0/s1. The Morgan fingerprint density at radius 2 is 2.17 bits per heavy atom. The number of amides is 1. The molecule has 1 unspecified atom stereocenters. The lowest BCUT2D eigenvalue weighted by Crippen LogP contribution is -2.47. The molecule has 1 rings (SSSR count). The second kappa shape index (κ2) is 7.74. The number of carbonyl (C=O) groups excluding carboxylic acids is 1. The number of hydrogen-bond acceptors (Lipinski definition) is 3. The van der Waals surface area contributed by atoms with Gasteiger partial charge in [-0.25, -0.2) is 0 Å². The minimum absolute atomic E-state index is 0.0698. The van der Waals surface area contributed by atoms with Crippen molar-refractivity contribution in [3.8, 4) is 0 Å². The van der Waals surface area contributed by atoms with E-state index in [9.17, 15) is 4.79 Å². The molecule has 1 heterocycles. The predicted octanol–water partition coefficient (Wildman–Crippen LogP) is 1.78. The van der Waals surface area contributed by atoms with E-state index < -0.39 is 0 Å². The average Bonchev–Trinajstić information content (AvgIpc) is 2.35. The minimum atomic E-state index is -0.367. The van der Waals surface area contributed by atoms with Crippen molar-refractivity contribution in [1.82, 2.24) is 4.90 Å². The van der Waals surface area contributed by atoms with E-state index >= 15 is 0 Å². The maximum Gasteiger partial charge on any atom is 0.239 e. The van der Waals surface area contributed by atoms with Gasteiger partial charge >= 0.3 is 0 Å². The number of ether oxygens (including phenoxy) is 1. The smallest absolute Gasteiger partial charge is 0.239 e. The van der Waals surface area contributed by atoms with Crippen LogP contribution in [0.5, 0.6) is 0 Å². The highest BCUT2D eigenvalue weighted by molar-refractivity contribution is 5.81. The van der Waals surface area contributed by atoms with Gasteiger partial charge in [-0.3, -0.25) is 4.79 Å². The molecule has 0 spiro atoms. The minimum Gasteiger partial charge on any atom is -0.376 e. The van der Waals surface area contributed by atoms with Crippen LogP contribution in [0, 0.1) is 5.92 Å². The van der Waals surface area contributed by atoms with E-state index in [-0.39, 0.29) is 18.1 Å². The van der Waals surface area contributed by atoms with Gasteiger partial charge in [-0.05, 0) is 38.5 Å². The van der Waals surface area contributed by atoms with E-state index in [0.717, 1.165) is 25.9 Å². The summed E-state index contributed by atoms with van der Waals surface area (Å²) in [4.78, 5) is 14.1. The zero-order valence-electron chi connectivity index (χ0n) is 12.0. The number of likely N-dealkylation sites (N-methyl/N-ethyl adjacent to an activating group) is 1. The lowest BCUT2D eigenvalue weighted by Gasteiger charge is -2.31. The molecule has 0 aromatic carbocycles. The van der Waals surface area contributed by atoms with Crippen LogP contribution in [-0.2, 0) is 9.53 Å². The predicted molar refractivity (Wildman–Crippen MR) is 73.3 cm³/mol. The summed E-state index contributed by atoms with van der Waals surface area (Å²) in [6, 6.07) is -0.367. The number of rotatable bonds is 6. The molecule has 4 heteroatoms. The lowest BCUT2D eigenvalue weighted by molar-refractivity contribution is -0.135. The molecule has 0 aliphatic carbocycles. The van der Waals surface area contributed by atoms with Crippen molar-refractivity contribution in [1.29, 1.82) is 0 Å². The normalized spacial score (nSPS) is 21.9. The van der Waals surface area contributed by atoms with Gasteiger partial charge in [0.1, 0.15) is 0 Å². The molecule has 0 aromatic rings. The largest absolute Gasteiger partial charge is 0.376 e. The third-order valence-corrected chi connectivity index (χ3v) is 3.43. The van der Waals surface area contributed by atoms with Gasteiger partial charge < -0.3 is 15.4 Å². The van der Waals surface area contributed by atoms with E-state index in [1.54, 1.807) is 0 Å². The van der Waals surface area contributed by atoms with Crippen LogP contribution in [0.4, 0.5) is 0 Å². The summed E-state index contributed by atoms with van der Waals surface area (Å²) in [5.41, 5.74) is 5.97. The number of nitrogens with two attached hydrogens (primary N) is 1. The Morgan fingerprint density at radius 3 is 2.67 bits per heavy atom. The van der Waals surface area contributed by atoms with Crippen LogP contribution >= 0.6 is 0 Å². The van der Waals surface area contributed by atoms with Gasteiger partial charge in [-0.15, -0.1) is 0 Å². The molecule has 0 bridgehead atoms. The van der Waals surface area contributed by atoms with Gasteiger partial charge in [-0.1, -0.05) is 13.8 Å². The molecule has 0 radical (unpaired) electrons. The van der Waals surface area contributed by atoms with Crippen LogP contribution in [0.2, 0.25) is 0 Å². The third kappa shape index (κ3) is 4.94. The van der Waals surface area contributed by atoms with E-state index in [2.05, 4.69) is 13.8 Å². The topological polar surface area (TPSA) is 55.6 Å². The van der Waals surface area contributed by atoms with Gasteiger partial charge in [0.25, 0.3) is 0 Å². The molecule has 106 valence electrons. The third-order valence-electron chi connectivity index (χ3n) is 3.43. The Labute approximate surface area is 111 Å². The molecule has 2 N–H and O–H groups in total. The van der Waals surface area contributed by atoms with Gasteiger partial charge in [-0.2, -0.15) is 0 Å². The molecule has 1 amide bonds. The highest BCUT2D eigenvalue weighted by Crippen LogP contribution is 2.15. The molecule has 1 aliphatic rings. The zero-order valence-corrected chi connectivity index (χ0v) is 12.0. The zero-order chi connectivity index (χ0) is 13.5. The van der Waals surface area contributed by atoms with Crippen molar-refractivity contribution in [3.05, 3.63) is 0 Å². The van der Waals surface area contributed by atoms with Crippen molar-refractivity contribution in [2.75, 3.05) is 19.7 Å². The van der Waals surface area contributed by atoms with Crippen LogP contribution in [0.1, 0.15) is 46.5 Å². The highest BCUT2D eigenvalue weighted by atomic mass is 16.5. The van der Waals surface area contributed by atoms with Crippen molar-refractivity contribution < 1.29 is 9.53 Å². The first-order valence-corrected chi connectivity index (χ1v) is 7.20. The SMILES string of the molecule is CCN(CC1CCCCO1)C(=O)[C@@H](N)CC(C)C. The van der Waals surface area contributed by atoms with E-state index in [1.165, 1.54) is 6.42 Å². The Kier molecular flexibility index (Phi) is 6.65. The van der Waals surface area contributed by atoms with E-state index in [4.69, 9.17) is 10.5 Å². The Balaban J connectivity index is 2.45. The van der Waals surface area contributed by atoms with E-state index in [1.807, 2.05) is 11.8 Å². The summed E-state index contributed by atoms with van der Waals surface area (Å²) in [7, 11) is 0. The molecule has 1 aliphatic heterocycles. The highest BCUT2D eigenvalue weighted by Gasteiger charge is 2.24. The lowest BCUT2D eigenvalue weighted by atomic mass is 10.0. The maximum atomic E-state index is 12.2. The number of nitrogens with zero attached hydrogens (tertiary/aromatic N) is 1. The summed E-state index contributed by atoms with van der Waals surface area (Å²) in [6.07, 6.45) is 4.36. The second-order valence-electron chi connectivity index (χ2n) is 5.60. The Morgan fingerprint density at radius 1 is 1.44 bits per heavy atom. The fourth-order valence-corrected chi connectivity index (χ4v) is 2.42. The van der Waals surface area contributed by atoms with Crippen LogP contribution < -0.4 is 5.73 Å². The molecule has 0 aromatic heterocycles. The fourth-order valence-electron chi connectivity index (χ4n) is 2.42. The van der Waals surface area contributed by atoms with Gasteiger partial charge in [0, 0.05) is 19.7 Å². The van der Waals surface area contributed by atoms with Crippen molar-refractivity contribution in [3.63, 3.8) is 0 Å². The molecule has 4 nitrogen and oxygen atoms in total. The van der Waals surface area contributed by atoms with Crippen LogP contribution in [-0.4, -0.2) is 42.6 Å². The Bertz CT molecular complexity index is 250. The van der Waals surface area contributed by atoms with E-state index in [0.29, 0.717) is 19.0 Å². The summed E-state index contributed by atoms with van der Waals surface area (Å²) in [5.74, 6) is 0.522.